The molecule has 3 rings (SSSR count). The van der Waals surface area contributed by atoms with Gasteiger partial charge in [-0.05, 0) is 24.6 Å². The average molecular weight is 365 g/mol. The third-order valence-corrected chi connectivity index (χ3v) is 5.49. The van der Waals surface area contributed by atoms with Gasteiger partial charge in [0.15, 0.2) is 5.13 Å². The Kier molecular flexibility index (Phi) is 5.38. The van der Waals surface area contributed by atoms with Gasteiger partial charge >= 0.3 is 0 Å². The second-order valence-corrected chi connectivity index (χ2v) is 7.57. The maximum Gasteiger partial charge on any atom is 0.227 e. The Hall–Kier alpha value is -1.63. The molecule has 0 spiro atoms. The van der Waals surface area contributed by atoms with Crippen molar-refractivity contribution in [1.29, 1.82) is 0 Å². The van der Waals surface area contributed by atoms with Crippen molar-refractivity contribution < 1.29 is 4.79 Å². The van der Waals surface area contributed by atoms with Crippen molar-refractivity contribution in [1.82, 2.24) is 14.8 Å². The van der Waals surface area contributed by atoms with E-state index in [1.54, 1.807) is 11.3 Å². The summed E-state index contributed by atoms with van der Waals surface area (Å²) in [4.78, 5) is 22.2. The Morgan fingerprint density at radius 2 is 1.92 bits per heavy atom. The summed E-state index contributed by atoms with van der Waals surface area (Å²) < 4.78 is 0. The summed E-state index contributed by atoms with van der Waals surface area (Å²) in [6.07, 6.45) is 0.432. The lowest BCUT2D eigenvalue weighted by Crippen LogP contribution is -2.48. The highest BCUT2D eigenvalue weighted by atomic mass is 35.5. The first-order valence-electron chi connectivity index (χ1n) is 7.97. The zero-order chi connectivity index (χ0) is 17.1. The topological polar surface area (TPSA) is 62.5 Å². The first-order valence-corrected chi connectivity index (χ1v) is 9.17. The van der Waals surface area contributed by atoms with Crippen LogP contribution in [-0.4, -0.2) is 46.9 Å². The maximum atomic E-state index is 12.4. The number of aryl methyl sites for hydroxylation is 1. The monoisotopic (exact) mass is 364 g/mol. The Morgan fingerprint density at radius 3 is 2.50 bits per heavy atom. The van der Waals surface area contributed by atoms with E-state index in [0.717, 1.165) is 44.0 Å². The second-order valence-electron chi connectivity index (χ2n) is 6.02. The van der Waals surface area contributed by atoms with Crippen LogP contribution in [0, 0.1) is 6.92 Å². The number of rotatable bonds is 4. The minimum Gasteiger partial charge on any atom is -0.375 e. The van der Waals surface area contributed by atoms with E-state index in [4.69, 9.17) is 17.3 Å². The van der Waals surface area contributed by atoms with E-state index in [1.165, 1.54) is 4.88 Å². The molecule has 1 aliphatic rings. The van der Waals surface area contributed by atoms with Crippen LogP contribution in [0.1, 0.15) is 16.1 Å². The summed E-state index contributed by atoms with van der Waals surface area (Å²) in [5.74, 6) is 0.176. The minimum absolute atomic E-state index is 0.176. The van der Waals surface area contributed by atoms with Crippen LogP contribution in [-0.2, 0) is 17.8 Å². The van der Waals surface area contributed by atoms with Gasteiger partial charge in [-0.3, -0.25) is 9.69 Å². The van der Waals surface area contributed by atoms with Gasteiger partial charge in [0, 0.05) is 42.6 Å². The van der Waals surface area contributed by atoms with Gasteiger partial charge in [-0.25, -0.2) is 4.98 Å². The molecular weight excluding hydrogens is 344 g/mol. The van der Waals surface area contributed by atoms with Crippen LogP contribution in [0.25, 0.3) is 0 Å². The van der Waals surface area contributed by atoms with Crippen molar-refractivity contribution in [3.05, 3.63) is 45.4 Å². The maximum absolute atomic E-state index is 12.4. The number of thiazole rings is 1. The predicted octanol–water partition coefficient (Wildman–Crippen LogP) is 2.57. The first-order chi connectivity index (χ1) is 11.5. The minimum atomic E-state index is 0.176. The molecule has 0 aliphatic carbocycles. The van der Waals surface area contributed by atoms with Gasteiger partial charge in [0.05, 0.1) is 12.1 Å². The zero-order valence-electron chi connectivity index (χ0n) is 13.7. The molecule has 0 unspecified atom stereocenters. The lowest BCUT2D eigenvalue weighted by Gasteiger charge is -2.34. The van der Waals surface area contributed by atoms with Crippen LogP contribution < -0.4 is 5.73 Å². The molecule has 1 saturated heterocycles. The van der Waals surface area contributed by atoms with E-state index in [-0.39, 0.29) is 5.91 Å². The smallest absolute Gasteiger partial charge is 0.227 e. The summed E-state index contributed by atoms with van der Waals surface area (Å²) in [7, 11) is 0. The van der Waals surface area contributed by atoms with Gasteiger partial charge in [0.1, 0.15) is 0 Å². The van der Waals surface area contributed by atoms with Crippen molar-refractivity contribution in [3.8, 4) is 0 Å². The molecule has 7 heteroatoms. The third kappa shape index (κ3) is 4.26. The highest BCUT2D eigenvalue weighted by molar-refractivity contribution is 7.15. The lowest BCUT2D eigenvalue weighted by molar-refractivity contribution is -0.132. The summed E-state index contributed by atoms with van der Waals surface area (Å²) in [6.45, 7) is 6.14. The Balaban J connectivity index is 1.50. The van der Waals surface area contributed by atoms with Crippen molar-refractivity contribution in [2.45, 2.75) is 19.9 Å². The molecule has 1 amide bonds. The highest BCUT2D eigenvalue weighted by Crippen LogP contribution is 2.22. The van der Waals surface area contributed by atoms with Gasteiger partial charge in [0.2, 0.25) is 5.91 Å². The molecule has 24 heavy (non-hydrogen) atoms. The number of aromatic nitrogens is 1. The molecule has 0 bridgehead atoms. The third-order valence-electron chi connectivity index (χ3n) is 4.27. The van der Waals surface area contributed by atoms with E-state index in [2.05, 4.69) is 9.88 Å². The number of benzene rings is 1. The number of carbonyl (C=O) groups is 1. The molecule has 0 atom stereocenters. The van der Waals surface area contributed by atoms with E-state index in [1.807, 2.05) is 36.1 Å². The SMILES string of the molecule is Cc1nc(N)sc1CN1CCN(C(=O)Cc2ccc(Cl)cc2)CC1. The zero-order valence-corrected chi connectivity index (χ0v) is 15.2. The molecule has 1 aromatic heterocycles. The number of hydrogen-bond acceptors (Lipinski definition) is 5. The van der Waals surface area contributed by atoms with Crippen LogP contribution in [0.3, 0.4) is 0 Å². The lowest BCUT2D eigenvalue weighted by atomic mass is 10.1. The fourth-order valence-corrected chi connectivity index (χ4v) is 3.85. The molecule has 2 N–H and O–H groups in total. The van der Waals surface area contributed by atoms with Crippen molar-refractivity contribution in [2.24, 2.45) is 0 Å². The molecular formula is C17H21ClN4OS. The molecule has 1 aromatic carbocycles. The van der Waals surface area contributed by atoms with Crippen molar-refractivity contribution in [3.63, 3.8) is 0 Å². The largest absolute Gasteiger partial charge is 0.375 e. The van der Waals surface area contributed by atoms with E-state index in [0.29, 0.717) is 16.6 Å². The standard InChI is InChI=1S/C17H21ClN4OS/c1-12-15(24-17(19)20-12)11-21-6-8-22(9-7-21)16(23)10-13-2-4-14(18)5-3-13/h2-5H,6-11H2,1H3,(H2,19,20). The Morgan fingerprint density at radius 1 is 1.25 bits per heavy atom. The Labute approximate surface area is 151 Å². The summed E-state index contributed by atoms with van der Waals surface area (Å²) in [5, 5.41) is 1.32. The predicted molar refractivity (Wildman–Crippen MR) is 98.3 cm³/mol. The van der Waals surface area contributed by atoms with Gasteiger partial charge < -0.3 is 10.6 Å². The number of hydrogen-bond donors (Lipinski definition) is 1. The van der Waals surface area contributed by atoms with E-state index in [9.17, 15) is 4.79 Å². The van der Waals surface area contributed by atoms with Gasteiger partial charge in [-0.1, -0.05) is 23.7 Å². The van der Waals surface area contributed by atoms with Crippen LogP contribution in [0.4, 0.5) is 5.13 Å². The number of halogens is 1. The quantitative estimate of drug-likeness (QED) is 0.905. The number of nitrogen functional groups attached to an aromatic ring is 1. The van der Waals surface area contributed by atoms with Crippen LogP contribution >= 0.6 is 22.9 Å². The van der Waals surface area contributed by atoms with Gasteiger partial charge in [0.25, 0.3) is 0 Å². The first kappa shape index (κ1) is 17.2. The van der Waals surface area contributed by atoms with Crippen molar-refractivity contribution >= 4 is 34.0 Å². The average Bonchev–Trinajstić information content (AvgIpc) is 2.88. The second kappa shape index (κ2) is 7.51. The highest BCUT2D eigenvalue weighted by Gasteiger charge is 2.22. The van der Waals surface area contributed by atoms with E-state index >= 15 is 0 Å². The molecule has 1 fully saturated rings. The number of carbonyl (C=O) groups excluding carboxylic acids is 1. The fourth-order valence-electron chi connectivity index (χ4n) is 2.84. The molecule has 5 nitrogen and oxygen atoms in total. The molecule has 0 saturated carbocycles. The normalized spacial score (nSPS) is 15.7. The van der Waals surface area contributed by atoms with E-state index < -0.39 is 0 Å². The summed E-state index contributed by atoms with van der Waals surface area (Å²) >= 11 is 7.43. The molecule has 128 valence electrons. The van der Waals surface area contributed by atoms with Gasteiger partial charge in [-0.2, -0.15) is 0 Å². The number of anilines is 1. The van der Waals surface area contributed by atoms with Gasteiger partial charge in [-0.15, -0.1) is 11.3 Å². The molecule has 1 aliphatic heterocycles. The molecule has 2 aromatic rings. The number of nitrogens with two attached hydrogens (primary N) is 1. The Bertz CT molecular complexity index is 708. The van der Waals surface area contributed by atoms with Crippen LogP contribution in [0.5, 0.6) is 0 Å². The molecule has 0 radical (unpaired) electrons. The summed E-state index contributed by atoms with van der Waals surface area (Å²) in [6, 6.07) is 7.47. The number of piperazine rings is 1. The summed E-state index contributed by atoms with van der Waals surface area (Å²) in [5.41, 5.74) is 7.77. The molecule has 2 heterocycles. The fraction of sp³-hybridized carbons (Fsp3) is 0.412. The number of nitrogens with zero attached hydrogens (tertiary/aromatic N) is 3. The van der Waals surface area contributed by atoms with Crippen LogP contribution in [0.2, 0.25) is 5.02 Å². The van der Waals surface area contributed by atoms with Crippen molar-refractivity contribution in [2.75, 3.05) is 31.9 Å². The number of amides is 1. The van der Waals surface area contributed by atoms with Crippen LogP contribution in [0.15, 0.2) is 24.3 Å².